The largest absolute Gasteiger partial charge is 0.379 e. The lowest BCUT2D eigenvalue weighted by molar-refractivity contribution is 0.0354. The Morgan fingerprint density at radius 1 is 1.16 bits per heavy atom. The van der Waals surface area contributed by atoms with Crippen LogP contribution in [-0.4, -0.2) is 86.2 Å². The molecule has 2 aromatic heterocycles. The number of thiazole rings is 1. The van der Waals surface area contributed by atoms with E-state index in [1.54, 1.807) is 19.1 Å². The number of nitrogens with two attached hydrogens (primary N) is 2. The molecule has 17 heteroatoms. The van der Waals surface area contributed by atoms with Gasteiger partial charge in [0, 0.05) is 31.2 Å². The quantitative estimate of drug-likeness (QED) is 0.224. The molecular weight excluding hydrogens is 554 g/mol. The highest BCUT2D eigenvalue weighted by atomic mass is 32.2. The van der Waals surface area contributed by atoms with E-state index in [9.17, 15) is 16.8 Å². The van der Waals surface area contributed by atoms with Crippen molar-refractivity contribution in [1.29, 1.82) is 0 Å². The van der Waals surface area contributed by atoms with Crippen LogP contribution in [0.4, 0.5) is 5.13 Å². The van der Waals surface area contributed by atoms with Crippen molar-refractivity contribution < 1.29 is 21.6 Å². The summed E-state index contributed by atoms with van der Waals surface area (Å²) in [5.74, 6) is -0.150. The van der Waals surface area contributed by atoms with E-state index in [2.05, 4.69) is 35.2 Å². The van der Waals surface area contributed by atoms with Gasteiger partial charge in [0.1, 0.15) is 9.79 Å². The minimum absolute atomic E-state index is 0.121. The Balaban J connectivity index is 1.67. The standard InChI is InChI=1S/C21H25N9O5S3/c1-12(11-30-7-9-35-10-8-30)27-38(33,34)16-6-5-13(14-3-2-4-15-18(14)24-21(22)36-15)17(19(16)37(23,31)32)20-25-28-29-26-20/h2-6,12,27H,7-11H2,1H3,(H2,22,24)(H2,23,31,32)(H,25,26,28,29). The van der Waals surface area contributed by atoms with E-state index < -0.39 is 35.9 Å². The molecule has 0 bridgehead atoms. The third kappa shape index (κ3) is 5.26. The number of fused-ring (bicyclic) bond motifs is 1. The van der Waals surface area contributed by atoms with Crippen LogP contribution in [0.2, 0.25) is 0 Å². The Bertz CT molecular complexity index is 1680. The Labute approximate surface area is 222 Å². The van der Waals surface area contributed by atoms with Crippen LogP contribution in [0, 0.1) is 0 Å². The van der Waals surface area contributed by atoms with Gasteiger partial charge in [0.05, 0.1) is 29.0 Å². The number of nitrogens with zero attached hydrogens (tertiary/aromatic N) is 5. The highest BCUT2D eigenvalue weighted by Crippen LogP contribution is 2.41. The highest BCUT2D eigenvalue weighted by Gasteiger charge is 2.33. The summed E-state index contributed by atoms with van der Waals surface area (Å²) in [6, 6.07) is 7.44. The number of morpholine rings is 1. The number of hydrogen-bond donors (Lipinski definition) is 4. The first kappa shape index (κ1) is 26.5. The summed E-state index contributed by atoms with van der Waals surface area (Å²) in [6.07, 6.45) is 0. The van der Waals surface area contributed by atoms with Gasteiger partial charge in [0.2, 0.25) is 25.9 Å². The summed E-state index contributed by atoms with van der Waals surface area (Å²) in [6.45, 7) is 4.56. The fourth-order valence-corrected chi connectivity index (χ4v) is 8.09. The first-order valence-electron chi connectivity index (χ1n) is 11.5. The summed E-state index contributed by atoms with van der Waals surface area (Å²) >= 11 is 1.26. The molecule has 0 saturated carbocycles. The zero-order valence-corrected chi connectivity index (χ0v) is 22.6. The molecule has 0 spiro atoms. The molecule has 5 rings (SSSR count). The maximum Gasteiger partial charge on any atom is 0.242 e. The van der Waals surface area contributed by atoms with E-state index >= 15 is 0 Å². The summed E-state index contributed by atoms with van der Waals surface area (Å²) in [5.41, 5.74) is 7.10. The van der Waals surface area contributed by atoms with E-state index in [0.717, 1.165) is 4.70 Å². The molecule has 0 amide bonds. The average molecular weight is 580 g/mol. The molecular formula is C21H25N9O5S3. The van der Waals surface area contributed by atoms with Gasteiger partial charge >= 0.3 is 0 Å². The molecule has 14 nitrogen and oxygen atoms in total. The molecule has 2 aromatic carbocycles. The first-order chi connectivity index (χ1) is 18.0. The summed E-state index contributed by atoms with van der Waals surface area (Å²) < 4.78 is 61.8. The number of primary sulfonamides is 1. The van der Waals surface area contributed by atoms with Crippen molar-refractivity contribution in [2.75, 3.05) is 38.6 Å². The van der Waals surface area contributed by atoms with Crippen LogP contribution < -0.4 is 15.6 Å². The molecule has 1 fully saturated rings. The minimum Gasteiger partial charge on any atom is -0.379 e. The van der Waals surface area contributed by atoms with Gasteiger partial charge in [0.25, 0.3) is 0 Å². The summed E-state index contributed by atoms with van der Waals surface area (Å²) in [5, 5.41) is 19.7. The molecule has 1 atom stereocenters. The van der Waals surface area contributed by atoms with Crippen LogP contribution in [0.15, 0.2) is 40.1 Å². The Morgan fingerprint density at radius 2 is 1.92 bits per heavy atom. The molecule has 1 saturated heterocycles. The summed E-state index contributed by atoms with van der Waals surface area (Å²) in [7, 11) is -8.99. The number of ether oxygens (including phenoxy) is 1. The molecule has 4 aromatic rings. The number of aromatic amines is 1. The van der Waals surface area contributed by atoms with Gasteiger partial charge in [-0.05, 0) is 29.8 Å². The maximum absolute atomic E-state index is 13.6. The lowest BCUT2D eigenvalue weighted by atomic mass is 9.98. The topological polar surface area (TPSA) is 212 Å². The van der Waals surface area contributed by atoms with Gasteiger partial charge in [-0.25, -0.2) is 31.7 Å². The number of para-hydroxylation sites is 1. The van der Waals surface area contributed by atoms with Gasteiger partial charge in [-0.3, -0.25) is 4.90 Å². The predicted molar refractivity (Wildman–Crippen MR) is 141 cm³/mol. The maximum atomic E-state index is 13.6. The number of aromatic nitrogens is 5. The van der Waals surface area contributed by atoms with Crippen LogP contribution in [0.25, 0.3) is 32.7 Å². The first-order valence-corrected chi connectivity index (χ1v) is 15.3. The number of benzene rings is 2. The number of anilines is 1. The molecule has 0 radical (unpaired) electrons. The lowest BCUT2D eigenvalue weighted by Gasteiger charge is -2.29. The molecule has 1 unspecified atom stereocenters. The molecule has 38 heavy (non-hydrogen) atoms. The fourth-order valence-electron chi connectivity index (χ4n) is 4.49. The number of nitrogens with one attached hydrogen (secondary N) is 2. The van der Waals surface area contributed by atoms with E-state index in [-0.39, 0.29) is 11.4 Å². The molecule has 6 N–H and O–H groups in total. The Morgan fingerprint density at radius 3 is 2.61 bits per heavy atom. The average Bonchev–Trinajstić information content (AvgIpc) is 3.51. The molecule has 0 aliphatic carbocycles. The van der Waals surface area contributed by atoms with Gasteiger partial charge in [-0.1, -0.05) is 29.5 Å². The zero-order valence-electron chi connectivity index (χ0n) is 20.2. The third-order valence-corrected chi connectivity index (χ3v) is 9.59. The Hall–Kier alpha value is -3.06. The number of nitrogen functional groups attached to an aromatic ring is 1. The van der Waals surface area contributed by atoms with Gasteiger partial charge in [-0.15, -0.1) is 10.2 Å². The van der Waals surface area contributed by atoms with Crippen LogP contribution in [0.3, 0.4) is 0 Å². The van der Waals surface area contributed by atoms with Crippen molar-refractivity contribution in [2.24, 2.45) is 5.14 Å². The van der Waals surface area contributed by atoms with Gasteiger partial charge in [0.15, 0.2) is 5.13 Å². The fraction of sp³-hybridized carbons (Fsp3) is 0.333. The Kier molecular flexibility index (Phi) is 7.16. The van der Waals surface area contributed by atoms with Crippen molar-refractivity contribution >= 4 is 46.7 Å². The number of tetrazole rings is 1. The second kappa shape index (κ2) is 10.3. The van der Waals surface area contributed by atoms with Crippen molar-refractivity contribution in [3.63, 3.8) is 0 Å². The number of H-pyrrole nitrogens is 1. The van der Waals surface area contributed by atoms with E-state index in [1.165, 1.54) is 23.5 Å². The SMILES string of the molecule is CC(CN1CCOCC1)NS(=O)(=O)c1ccc(-c2cccc3sc(N)nc23)c(-c2nn[nH]n2)c1S(N)(=O)=O. The minimum atomic E-state index is -4.63. The second-order valence-electron chi connectivity index (χ2n) is 8.74. The van der Waals surface area contributed by atoms with E-state index in [0.29, 0.717) is 54.6 Å². The highest BCUT2D eigenvalue weighted by molar-refractivity contribution is 7.92. The van der Waals surface area contributed by atoms with Crippen molar-refractivity contribution in [3.05, 3.63) is 30.3 Å². The summed E-state index contributed by atoms with van der Waals surface area (Å²) in [4.78, 5) is 5.26. The lowest BCUT2D eigenvalue weighted by Crippen LogP contribution is -2.46. The number of rotatable bonds is 8. The number of sulfonamides is 2. The van der Waals surface area contributed by atoms with Gasteiger partial charge in [-0.2, -0.15) is 5.21 Å². The van der Waals surface area contributed by atoms with Crippen molar-refractivity contribution in [2.45, 2.75) is 22.8 Å². The van der Waals surface area contributed by atoms with Crippen LogP contribution in [0.5, 0.6) is 0 Å². The second-order valence-corrected chi connectivity index (χ2v) is 13.0. The van der Waals surface area contributed by atoms with Crippen molar-refractivity contribution in [1.82, 2.24) is 35.2 Å². The van der Waals surface area contributed by atoms with E-state index in [4.69, 9.17) is 15.6 Å². The predicted octanol–water partition coefficient (Wildman–Crippen LogP) is 0.372. The molecule has 1 aliphatic heterocycles. The molecule has 3 heterocycles. The number of hydrogen-bond acceptors (Lipinski definition) is 12. The smallest absolute Gasteiger partial charge is 0.242 e. The third-order valence-electron chi connectivity index (χ3n) is 5.98. The zero-order chi connectivity index (χ0) is 27.1. The normalized spacial score (nSPS) is 16.2. The van der Waals surface area contributed by atoms with Crippen LogP contribution in [0.1, 0.15) is 6.92 Å². The van der Waals surface area contributed by atoms with E-state index in [1.807, 2.05) is 6.07 Å². The van der Waals surface area contributed by atoms with Crippen LogP contribution in [-0.2, 0) is 24.8 Å². The molecule has 202 valence electrons. The van der Waals surface area contributed by atoms with Crippen LogP contribution >= 0.6 is 11.3 Å². The monoisotopic (exact) mass is 579 g/mol. The van der Waals surface area contributed by atoms with Crippen molar-refractivity contribution in [3.8, 4) is 22.5 Å². The van der Waals surface area contributed by atoms with Gasteiger partial charge < -0.3 is 10.5 Å². The molecule has 1 aliphatic rings.